The summed E-state index contributed by atoms with van der Waals surface area (Å²) in [6, 6.07) is 8.76. The maximum absolute atomic E-state index is 13.1. The standard InChI is InChI=1S/C25H21N5O6S3.C2HF3O2/c1-12-20-23(21(29-11-28-20)19-6-3-14(9-26)37-19)38-22(12)13-7-17(24(31)27-10-13)30-39(34,35)15-4-5-18(36-2)16(8-15)25(32)33;3-2(4,5)1(6)7/h3-8,10-11,30H,9,26H2,1-2H3,(H,27,31)(H,32,33);(H,6,7). The number of ether oxygens (including phenoxy) is 1. The number of anilines is 1. The maximum Gasteiger partial charge on any atom is 0.490 e. The third-order valence-corrected chi connectivity index (χ3v) is 9.98. The summed E-state index contributed by atoms with van der Waals surface area (Å²) < 4.78 is 66.0. The first kappa shape index (κ1) is 34.0. The van der Waals surface area contributed by atoms with Crippen molar-refractivity contribution in [1.82, 2.24) is 15.0 Å². The molecule has 4 heterocycles. The number of carboxylic acids is 2. The van der Waals surface area contributed by atoms with Gasteiger partial charge in [0.2, 0.25) is 0 Å². The number of aliphatic carboxylic acids is 1. The fourth-order valence-corrected chi connectivity index (χ4v) is 7.29. The number of alkyl halides is 3. The average Bonchev–Trinajstić information content (AvgIpc) is 3.62. The van der Waals surface area contributed by atoms with E-state index in [1.807, 2.05) is 19.1 Å². The van der Waals surface area contributed by atoms with Crippen molar-refractivity contribution in [3.63, 3.8) is 0 Å². The van der Waals surface area contributed by atoms with Crippen LogP contribution in [0.1, 0.15) is 20.8 Å². The number of aromatic amines is 1. The molecule has 5 rings (SSSR count). The van der Waals surface area contributed by atoms with Crippen molar-refractivity contribution in [3.05, 3.63) is 75.3 Å². The number of H-pyrrole nitrogens is 1. The predicted molar refractivity (Wildman–Crippen MR) is 164 cm³/mol. The number of nitrogens with zero attached hydrogens (tertiary/aromatic N) is 2. The van der Waals surface area contributed by atoms with Gasteiger partial charge in [-0.15, -0.1) is 22.7 Å². The smallest absolute Gasteiger partial charge is 0.490 e. The number of thiophene rings is 2. The molecule has 0 aliphatic carbocycles. The van der Waals surface area contributed by atoms with Gasteiger partial charge in [0.15, 0.2) is 0 Å². The Bertz CT molecular complexity index is 2120. The lowest BCUT2D eigenvalue weighted by molar-refractivity contribution is -0.192. The summed E-state index contributed by atoms with van der Waals surface area (Å²) >= 11 is 2.97. The Morgan fingerprint density at radius 1 is 1.11 bits per heavy atom. The molecule has 0 saturated heterocycles. The summed E-state index contributed by atoms with van der Waals surface area (Å²) in [5.74, 6) is -4.11. The van der Waals surface area contributed by atoms with E-state index in [0.29, 0.717) is 12.1 Å². The number of rotatable bonds is 8. The molecule has 0 aliphatic heterocycles. The number of hydrogen-bond acceptors (Lipinski definition) is 11. The van der Waals surface area contributed by atoms with Crippen molar-refractivity contribution in [1.29, 1.82) is 0 Å². The van der Waals surface area contributed by atoms with E-state index in [-0.39, 0.29) is 21.9 Å². The molecule has 0 amide bonds. The molecule has 0 unspecified atom stereocenters. The number of fused-ring (bicyclic) bond motifs is 1. The van der Waals surface area contributed by atoms with Crippen LogP contribution in [0.3, 0.4) is 0 Å². The van der Waals surface area contributed by atoms with Gasteiger partial charge in [-0.1, -0.05) is 0 Å². The highest BCUT2D eigenvalue weighted by Crippen LogP contribution is 2.42. The Morgan fingerprint density at radius 3 is 2.39 bits per heavy atom. The molecular weight excluding hydrogens is 676 g/mol. The average molecular weight is 698 g/mol. The Hall–Kier alpha value is -4.85. The van der Waals surface area contributed by atoms with Crippen molar-refractivity contribution < 1.29 is 46.1 Å². The number of halogens is 3. The van der Waals surface area contributed by atoms with E-state index in [4.69, 9.17) is 20.4 Å². The van der Waals surface area contributed by atoms with Crippen LogP contribution >= 0.6 is 22.7 Å². The minimum atomic E-state index is -5.08. The van der Waals surface area contributed by atoms with Crippen molar-refractivity contribution in [3.8, 4) is 26.8 Å². The SMILES string of the molecule is COc1ccc(S(=O)(=O)Nc2cc(-c3sc4c(-c5ccc(CN)s5)ncnc4c3C)c[nH]c2=O)cc1C(=O)O.O=C(O)C(F)(F)F. The van der Waals surface area contributed by atoms with E-state index < -0.39 is 33.7 Å². The van der Waals surface area contributed by atoms with Gasteiger partial charge >= 0.3 is 18.1 Å². The van der Waals surface area contributed by atoms with Gasteiger partial charge in [-0.05, 0) is 48.9 Å². The quantitative estimate of drug-likeness (QED) is 0.150. The molecule has 0 bridgehead atoms. The van der Waals surface area contributed by atoms with E-state index in [2.05, 4.69) is 19.7 Å². The first-order chi connectivity index (χ1) is 21.6. The van der Waals surface area contributed by atoms with Crippen LogP contribution in [0.5, 0.6) is 5.75 Å². The largest absolute Gasteiger partial charge is 0.496 e. The molecule has 13 nitrogen and oxygen atoms in total. The summed E-state index contributed by atoms with van der Waals surface area (Å²) in [7, 11) is -3.03. The van der Waals surface area contributed by atoms with Gasteiger partial charge in [0, 0.05) is 28.1 Å². The monoisotopic (exact) mass is 697 g/mol. The van der Waals surface area contributed by atoms with E-state index in [0.717, 1.165) is 42.2 Å². The molecular formula is C27H22F3N5O8S3. The summed E-state index contributed by atoms with van der Waals surface area (Å²) in [6.07, 6.45) is -2.09. The number of aryl methyl sites for hydroxylation is 1. The molecule has 0 aliphatic rings. The van der Waals surface area contributed by atoms with Crippen molar-refractivity contribution in [2.45, 2.75) is 24.5 Å². The minimum Gasteiger partial charge on any atom is -0.496 e. The van der Waals surface area contributed by atoms with E-state index in [1.54, 1.807) is 11.3 Å². The number of nitrogens with one attached hydrogen (secondary N) is 2. The second-order valence-electron chi connectivity index (χ2n) is 9.13. The Labute approximate surface area is 265 Å². The summed E-state index contributed by atoms with van der Waals surface area (Å²) in [4.78, 5) is 47.0. The van der Waals surface area contributed by atoms with E-state index >= 15 is 0 Å². The van der Waals surface area contributed by atoms with E-state index in [9.17, 15) is 36.3 Å². The molecule has 242 valence electrons. The molecule has 0 spiro atoms. The Morgan fingerprint density at radius 2 is 1.80 bits per heavy atom. The van der Waals surface area contributed by atoms with Crippen LogP contribution in [-0.2, 0) is 21.4 Å². The minimum absolute atomic E-state index is 0.00537. The molecule has 46 heavy (non-hydrogen) atoms. The van der Waals surface area contributed by atoms with Gasteiger partial charge in [0.25, 0.3) is 15.6 Å². The van der Waals surface area contributed by atoms with Crippen molar-refractivity contribution >= 4 is 60.5 Å². The number of aromatic carboxylic acids is 1. The Balaban J connectivity index is 0.000000617. The second-order valence-corrected chi connectivity index (χ2v) is 13.0. The van der Waals surface area contributed by atoms with Gasteiger partial charge in [0.05, 0.1) is 27.1 Å². The molecule has 1 aromatic carbocycles. The van der Waals surface area contributed by atoms with E-state index in [1.165, 1.54) is 49.2 Å². The lowest BCUT2D eigenvalue weighted by Crippen LogP contribution is -2.21. The number of carboxylic acid groups (broad SMARTS) is 2. The molecule has 5 aromatic rings. The van der Waals surface area contributed by atoms with Gasteiger partial charge in [-0.25, -0.2) is 28.0 Å². The number of benzene rings is 1. The number of aromatic nitrogens is 3. The fourth-order valence-electron chi connectivity index (χ4n) is 4.01. The lowest BCUT2D eigenvalue weighted by Gasteiger charge is -2.11. The van der Waals surface area contributed by atoms with Crippen LogP contribution in [-0.4, -0.2) is 58.8 Å². The first-order valence-corrected chi connectivity index (χ1v) is 15.7. The number of methoxy groups -OCH3 is 1. The van der Waals surface area contributed by atoms with Gasteiger partial charge in [-0.2, -0.15) is 13.2 Å². The number of hydrogen-bond donors (Lipinski definition) is 5. The molecule has 0 atom stereocenters. The third-order valence-electron chi connectivity index (χ3n) is 6.16. The zero-order chi connectivity index (χ0) is 34.0. The summed E-state index contributed by atoms with van der Waals surface area (Å²) in [6.45, 7) is 2.32. The summed E-state index contributed by atoms with van der Waals surface area (Å²) in [5, 5.41) is 16.5. The van der Waals surface area contributed by atoms with Crippen LogP contribution < -0.4 is 20.8 Å². The highest BCUT2D eigenvalue weighted by molar-refractivity contribution is 7.92. The van der Waals surface area contributed by atoms with Crippen molar-refractivity contribution in [2.24, 2.45) is 5.73 Å². The number of pyridine rings is 1. The maximum atomic E-state index is 13.1. The second kappa shape index (κ2) is 13.3. The van der Waals surface area contributed by atoms with Crippen LogP contribution in [0.25, 0.3) is 31.2 Å². The predicted octanol–water partition coefficient (Wildman–Crippen LogP) is 4.68. The van der Waals surface area contributed by atoms with Crippen molar-refractivity contribution in [2.75, 3.05) is 11.8 Å². The van der Waals surface area contributed by atoms with Gasteiger partial charge < -0.3 is 25.7 Å². The number of sulfonamides is 1. The third kappa shape index (κ3) is 7.17. The van der Waals surface area contributed by atoms with Gasteiger partial charge in [-0.3, -0.25) is 9.52 Å². The van der Waals surface area contributed by atoms with Crippen LogP contribution in [0, 0.1) is 6.92 Å². The first-order valence-electron chi connectivity index (χ1n) is 12.6. The molecule has 4 aromatic heterocycles. The molecule has 0 radical (unpaired) electrons. The zero-order valence-electron chi connectivity index (χ0n) is 23.5. The van der Waals surface area contributed by atoms with Crippen LogP contribution in [0.2, 0.25) is 0 Å². The zero-order valence-corrected chi connectivity index (χ0v) is 25.9. The normalized spacial score (nSPS) is 11.5. The van der Waals surface area contributed by atoms with Crippen LogP contribution in [0.15, 0.2) is 58.6 Å². The highest BCUT2D eigenvalue weighted by atomic mass is 32.2. The molecule has 19 heteroatoms. The number of nitrogens with two attached hydrogens (primary N) is 1. The van der Waals surface area contributed by atoms with Gasteiger partial charge in [0.1, 0.15) is 29.0 Å². The Kier molecular flexibility index (Phi) is 9.80. The highest BCUT2D eigenvalue weighted by Gasteiger charge is 2.38. The fraction of sp³-hybridized carbons (Fsp3) is 0.148. The van der Waals surface area contributed by atoms with Crippen LogP contribution in [0.4, 0.5) is 18.9 Å². The lowest BCUT2D eigenvalue weighted by atomic mass is 10.1. The molecule has 0 saturated carbocycles. The molecule has 6 N–H and O–H groups in total. The topological polar surface area (TPSA) is 215 Å². The molecule has 0 fully saturated rings. The number of carbonyl (C=O) groups is 2. The summed E-state index contributed by atoms with van der Waals surface area (Å²) in [5.41, 5.74) is 7.47.